The number of hydrogen-bond donors (Lipinski definition) is 1. The van der Waals surface area contributed by atoms with E-state index < -0.39 is 17.4 Å². The van der Waals surface area contributed by atoms with Crippen molar-refractivity contribution in [2.75, 3.05) is 18.8 Å². The van der Waals surface area contributed by atoms with Gasteiger partial charge in [-0.3, -0.25) is 4.79 Å². The van der Waals surface area contributed by atoms with E-state index in [1.54, 1.807) is 6.92 Å². The number of nitrogen functional groups attached to an aromatic ring is 1. The second-order valence-corrected chi connectivity index (χ2v) is 12.8. The van der Waals surface area contributed by atoms with Crippen LogP contribution in [0.1, 0.15) is 59.2 Å². The van der Waals surface area contributed by atoms with Gasteiger partial charge >= 0.3 is 0 Å². The van der Waals surface area contributed by atoms with Crippen molar-refractivity contribution in [3.63, 3.8) is 0 Å². The Hall–Kier alpha value is -4.09. The molecule has 11 heteroatoms. The van der Waals surface area contributed by atoms with Gasteiger partial charge in [-0.2, -0.15) is 5.10 Å². The predicted octanol–water partition coefficient (Wildman–Crippen LogP) is 7.21. The molecule has 2 aliphatic carbocycles. The molecule has 2 fully saturated rings. The number of benzene rings is 2. The number of fused-ring (bicyclic) bond motifs is 1. The van der Waals surface area contributed by atoms with Crippen LogP contribution < -0.4 is 15.2 Å². The molecular formula is C34H32BrF2N5O3. The first-order valence-corrected chi connectivity index (χ1v) is 15.9. The van der Waals surface area contributed by atoms with Crippen molar-refractivity contribution >= 4 is 33.6 Å². The number of allylic oxidation sites excluding steroid dienone is 1. The van der Waals surface area contributed by atoms with Crippen molar-refractivity contribution in [1.29, 1.82) is 0 Å². The van der Waals surface area contributed by atoms with E-state index in [1.165, 1.54) is 48.5 Å². The van der Waals surface area contributed by atoms with Crippen molar-refractivity contribution in [1.82, 2.24) is 19.7 Å². The average molecular weight is 677 g/mol. The van der Waals surface area contributed by atoms with Gasteiger partial charge in [0.15, 0.2) is 17.4 Å². The normalized spacial score (nSPS) is 17.1. The van der Waals surface area contributed by atoms with Gasteiger partial charge in [-0.05, 0) is 95.6 Å². The minimum atomic E-state index is -0.836. The molecule has 3 heterocycles. The van der Waals surface area contributed by atoms with Crippen LogP contribution in [0.2, 0.25) is 0 Å². The summed E-state index contributed by atoms with van der Waals surface area (Å²) in [5.41, 5.74) is 10.4. The zero-order valence-corrected chi connectivity index (χ0v) is 26.3. The Morgan fingerprint density at radius 1 is 1.07 bits per heavy atom. The van der Waals surface area contributed by atoms with Gasteiger partial charge in [-0.1, -0.05) is 12.5 Å². The molecular weight excluding hydrogens is 644 g/mol. The summed E-state index contributed by atoms with van der Waals surface area (Å²) in [6, 6.07) is 9.79. The van der Waals surface area contributed by atoms with Crippen LogP contribution in [0, 0.1) is 18.6 Å². The molecule has 0 amide bonds. The number of carbonyl (C=O) groups excluding carboxylic acids is 1. The van der Waals surface area contributed by atoms with Crippen LogP contribution in [0.4, 0.5) is 14.6 Å². The standard InChI is InChI=1S/C34H32BrF2N5O3/c1-19-12-31(45-33-27(36)6-3-7-28(33)37)39-18-29(19)42-34(38)25(17-40-42)32(43)22-13-20-15-26(35)30(16-21(20)14-22)44-24-8-10-41(11-9-24)23-4-2-5-23/h3,6-7,12,14-18,23-24H,2,4-5,8-11,13,38H2,1H3. The monoisotopic (exact) mass is 675 g/mol. The van der Waals surface area contributed by atoms with Gasteiger partial charge in [-0.15, -0.1) is 0 Å². The molecule has 0 unspecified atom stereocenters. The summed E-state index contributed by atoms with van der Waals surface area (Å²) >= 11 is 3.68. The predicted molar refractivity (Wildman–Crippen MR) is 170 cm³/mol. The number of piperidine rings is 1. The van der Waals surface area contributed by atoms with Crippen LogP contribution in [0.5, 0.6) is 17.4 Å². The van der Waals surface area contributed by atoms with Crippen molar-refractivity contribution in [2.45, 2.75) is 57.6 Å². The fourth-order valence-electron chi connectivity index (χ4n) is 6.25. The number of para-hydroxylation sites is 1. The van der Waals surface area contributed by atoms with Gasteiger partial charge in [-0.25, -0.2) is 18.4 Å². The van der Waals surface area contributed by atoms with E-state index in [2.05, 4.69) is 30.9 Å². The van der Waals surface area contributed by atoms with Gasteiger partial charge < -0.3 is 20.1 Å². The van der Waals surface area contributed by atoms with E-state index >= 15 is 0 Å². The molecule has 1 saturated heterocycles. The maximum atomic E-state index is 14.0. The summed E-state index contributed by atoms with van der Waals surface area (Å²) in [5.74, 6) is -1.46. The van der Waals surface area contributed by atoms with E-state index in [1.807, 2.05) is 18.2 Å². The fraction of sp³-hybridized carbons (Fsp3) is 0.324. The maximum absolute atomic E-state index is 14.0. The van der Waals surface area contributed by atoms with Crippen LogP contribution >= 0.6 is 15.9 Å². The van der Waals surface area contributed by atoms with Gasteiger partial charge in [0.25, 0.3) is 0 Å². The lowest BCUT2D eigenvalue weighted by Crippen LogP contribution is -2.46. The molecule has 232 valence electrons. The minimum Gasteiger partial charge on any atom is -0.489 e. The Morgan fingerprint density at radius 2 is 1.82 bits per heavy atom. The Kier molecular flexibility index (Phi) is 7.91. The number of halogens is 3. The molecule has 1 saturated carbocycles. The molecule has 45 heavy (non-hydrogen) atoms. The molecule has 1 aliphatic heterocycles. The van der Waals surface area contributed by atoms with Gasteiger partial charge in [0.2, 0.25) is 11.6 Å². The lowest BCUT2D eigenvalue weighted by Gasteiger charge is -2.41. The third-order valence-electron chi connectivity index (χ3n) is 9.02. The summed E-state index contributed by atoms with van der Waals surface area (Å²) in [6.45, 7) is 3.91. The molecule has 7 rings (SSSR count). The van der Waals surface area contributed by atoms with E-state index in [0.29, 0.717) is 23.2 Å². The highest BCUT2D eigenvalue weighted by Gasteiger charge is 2.30. The van der Waals surface area contributed by atoms with Gasteiger partial charge in [0.05, 0.1) is 28.1 Å². The van der Waals surface area contributed by atoms with E-state index in [9.17, 15) is 13.6 Å². The first kappa shape index (κ1) is 29.6. The van der Waals surface area contributed by atoms with E-state index in [-0.39, 0.29) is 29.1 Å². The number of pyridine rings is 1. The van der Waals surface area contributed by atoms with Crippen molar-refractivity contribution in [3.05, 3.63) is 92.7 Å². The highest BCUT2D eigenvalue weighted by molar-refractivity contribution is 9.10. The second kappa shape index (κ2) is 12.0. The number of likely N-dealkylation sites (tertiary alicyclic amines) is 1. The SMILES string of the molecule is Cc1cc(Oc2c(F)cccc2F)ncc1-n1ncc(C(=O)C2=Cc3cc(OC4CCN(C5CCC5)CC4)c(Br)cc3C2)c1N. The summed E-state index contributed by atoms with van der Waals surface area (Å²) < 4.78 is 42.2. The van der Waals surface area contributed by atoms with Crippen molar-refractivity contribution in [2.24, 2.45) is 0 Å². The third kappa shape index (κ3) is 5.75. The molecule has 4 aromatic rings. The lowest BCUT2D eigenvalue weighted by molar-refractivity contribution is 0.0490. The van der Waals surface area contributed by atoms with Crippen molar-refractivity contribution in [3.8, 4) is 23.1 Å². The van der Waals surface area contributed by atoms with Gasteiger partial charge in [0.1, 0.15) is 17.7 Å². The summed E-state index contributed by atoms with van der Waals surface area (Å²) in [4.78, 5) is 20.4. The molecule has 2 aromatic carbocycles. The second-order valence-electron chi connectivity index (χ2n) is 11.9. The number of nitrogens with two attached hydrogens (primary N) is 1. The summed E-state index contributed by atoms with van der Waals surface area (Å²) in [6.07, 6.45) is 11.4. The minimum absolute atomic E-state index is 0.00443. The van der Waals surface area contributed by atoms with E-state index in [4.69, 9.17) is 15.2 Å². The Morgan fingerprint density at radius 3 is 2.51 bits per heavy atom. The number of aromatic nitrogens is 3. The highest BCUT2D eigenvalue weighted by Crippen LogP contribution is 2.38. The van der Waals surface area contributed by atoms with Gasteiger partial charge in [0, 0.05) is 37.2 Å². The molecule has 2 N–H and O–H groups in total. The molecule has 2 aromatic heterocycles. The Bertz CT molecular complexity index is 1810. The summed E-state index contributed by atoms with van der Waals surface area (Å²) in [7, 11) is 0. The fourth-order valence-corrected chi connectivity index (χ4v) is 6.74. The maximum Gasteiger partial charge on any atom is 0.219 e. The molecule has 0 radical (unpaired) electrons. The number of ketones is 1. The van der Waals surface area contributed by atoms with Crippen LogP contribution in [0.15, 0.2) is 58.8 Å². The Balaban J connectivity index is 1.05. The number of Topliss-reactive ketones (excluding diaryl/α,β-unsaturated/α-hetero) is 1. The van der Waals surface area contributed by atoms with Crippen LogP contribution in [-0.2, 0) is 6.42 Å². The number of nitrogens with zero attached hydrogens (tertiary/aromatic N) is 4. The number of hydrogen-bond acceptors (Lipinski definition) is 7. The molecule has 3 aliphatic rings. The average Bonchev–Trinajstić information content (AvgIpc) is 3.58. The number of anilines is 1. The Labute approximate surface area is 268 Å². The summed E-state index contributed by atoms with van der Waals surface area (Å²) in [5, 5.41) is 4.36. The topological polar surface area (TPSA) is 95.5 Å². The zero-order chi connectivity index (χ0) is 31.2. The zero-order valence-electron chi connectivity index (χ0n) is 24.7. The van der Waals surface area contributed by atoms with Crippen molar-refractivity contribution < 1.29 is 23.0 Å². The molecule has 0 atom stereocenters. The largest absolute Gasteiger partial charge is 0.489 e. The quantitative estimate of drug-likeness (QED) is 0.197. The first-order chi connectivity index (χ1) is 21.7. The lowest BCUT2D eigenvalue weighted by atomic mass is 9.90. The van der Waals surface area contributed by atoms with Crippen LogP contribution in [-0.4, -0.2) is 50.7 Å². The van der Waals surface area contributed by atoms with Crippen LogP contribution in [0.25, 0.3) is 11.8 Å². The smallest absolute Gasteiger partial charge is 0.219 e. The molecule has 0 spiro atoms. The van der Waals surface area contributed by atoms with E-state index in [0.717, 1.165) is 65.5 Å². The number of carbonyl (C=O) groups is 1. The molecule has 8 nitrogen and oxygen atoms in total. The number of aryl methyl sites for hydroxylation is 1. The van der Waals surface area contributed by atoms with Crippen LogP contribution in [0.3, 0.4) is 0 Å². The molecule has 0 bridgehead atoms. The number of rotatable bonds is 8. The number of ether oxygens (including phenoxy) is 2. The highest BCUT2D eigenvalue weighted by atomic mass is 79.9. The third-order valence-corrected chi connectivity index (χ3v) is 9.64. The first-order valence-electron chi connectivity index (χ1n) is 15.2.